The average Bonchev–Trinajstić information content (AvgIpc) is 3.29. The van der Waals surface area contributed by atoms with Crippen LogP contribution in [-0.4, -0.2) is 65.8 Å². The van der Waals surface area contributed by atoms with Gasteiger partial charge in [0.15, 0.2) is 0 Å². The van der Waals surface area contributed by atoms with Crippen LogP contribution in [0, 0.1) is 11.7 Å². The molecule has 3 aliphatic rings. The molecule has 1 aromatic heterocycles. The van der Waals surface area contributed by atoms with E-state index in [1.165, 1.54) is 12.1 Å². The number of pyridine rings is 1. The number of hydrogen-bond donors (Lipinski definition) is 2. The highest BCUT2D eigenvalue weighted by atomic mass is 19.1. The third kappa shape index (κ3) is 5.67. The number of anilines is 1. The number of aromatic nitrogens is 1. The zero-order valence-electron chi connectivity index (χ0n) is 19.4. The summed E-state index contributed by atoms with van der Waals surface area (Å²) >= 11 is 0. The van der Waals surface area contributed by atoms with Crippen LogP contribution in [0.5, 0.6) is 5.88 Å². The molecule has 0 spiro atoms. The van der Waals surface area contributed by atoms with Gasteiger partial charge in [0.05, 0.1) is 12.0 Å². The predicted octanol–water partition coefficient (Wildman–Crippen LogP) is 2.90. The van der Waals surface area contributed by atoms with Crippen LogP contribution in [0.2, 0.25) is 0 Å². The number of ether oxygens (including phenoxy) is 1. The fraction of sp³-hybridized carbons (Fsp3) is 0.538. The van der Waals surface area contributed by atoms with Gasteiger partial charge in [-0.2, -0.15) is 0 Å². The van der Waals surface area contributed by atoms with Crippen molar-refractivity contribution in [1.82, 2.24) is 15.2 Å². The number of aliphatic hydroxyl groups excluding tert-OH is 1. The molecule has 5 rings (SSSR count). The molecule has 2 N–H and O–H groups in total. The van der Waals surface area contributed by atoms with Gasteiger partial charge in [0.25, 0.3) is 0 Å². The monoisotopic (exact) mass is 468 g/mol. The highest BCUT2D eigenvalue weighted by molar-refractivity contribution is 5.80. The Bertz CT molecular complexity index is 961. The predicted molar refractivity (Wildman–Crippen MR) is 127 cm³/mol. The quantitative estimate of drug-likeness (QED) is 0.589. The molecule has 2 saturated heterocycles. The molecular formula is C26H33FN4O3. The van der Waals surface area contributed by atoms with Gasteiger partial charge in [-0.3, -0.25) is 4.79 Å². The highest BCUT2D eigenvalue weighted by Gasteiger charge is 2.33. The van der Waals surface area contributed by atoms with Gasteiger partial charge in [0.1, 0.15) is 18.0 Å². The molecule has 0 radical (unpaired) electrons. The Hall–Kier alpha value is -2.71. The van der Waals surface area contributed by atoms with Crippen molar-refractivity contribution in [2.45, 2.75) is 50.4 Å². The Kier molecular flexibility index (Phi) is 6.97. The fourth-order valence-electron chi connectivity index (χ4n) is 4.85. The largest absolute Gasteiger partial charge is 0.474 e. The first-order chi connectivity index (χ1) is 16.5. The van der Waals surface area contributed by atoms with Gasteiger partial charge in [-0.15, -0.1) is 0 Å². The molecule has 2 aromatic rings. The molecule has 1 amide bonds. The summed E-state index contributed by atoms with van der Waals surface area (Å²) < 4.78 is 19.0. The molecule has 3 fully saturated rings. The lowest BCUT2D eigenvalue weighted by molar-refractivity contribution is -0.126. The van der Waals surface area contributed by atoms with E-state index in [-0.39, 0.29) is 23.7 Å². The summed E-state index contributed by atoms with van der Waals surface area (Å²) in [7, 11) is 0. The Morgan fingerprint density at radius 2 is 1.88 bits per heavy atom. The van der Waals surface area contributed by atoms with Crippen molar-refractivity contribution in [2.24, 2.45) is 5.92 Å². The maximum atomic E-state index is 13.3. The Labute approximate surface area is 199 Å². The van der Waals surface area contributed by atoms with E-state index >= 15 is 0 Å². The molecule has 0 bridgehead atoms. The lowest BCUT2D eigenvalue weighted by Gasteiger charge is -2.29. The van der Waals surface area contributed by atoms with Crippen LogP contribution in [0.4, 0.5) is 10.1 Å². The van der Waals surface area contributed by atoms with E-state index < -0.39 is 12.1 Å². The topological polar surface area (TPSA) is 77.9 Å². The molecule has 2 aliphatic heterocycles. The number of amides is 1. The third-order valence-corrected chi connectivity index (χ3v) is 7.03. The van der Waals surface area contributed by atoms with Gasteiger partial charge in [-0.1, -0.05) is 0 Å². The number of rotatable bonds is 9. The molecule has 8 heteroatoms. The number of aliphatic hydroxyl groups is 1. The van der Waals surface area contributed by atoms with Crippen LogP contribution in [0.15, 0.2) is 42.6 Å². The highest BCUT2D eigenvalue weighted by Crippen LogP contribution is 2.28. The van der Waals surface area contributed by atoms with Crippen molar-refractivity contribution in [3.63, 3.8) is 0 Å². The lowest BCUT2D eigenvalue weighted by atomic mass is 10.0. The summed E-state index contributed by atoms with van der Waals surface area (Å²) in [5.74, 6) is 0.0864. The minimum Gasteiger partial charge on any atom is -0.474 e. The lowest BCUT2D eigenvalue weighted by Crippen LogP contribution is -2.48. The Morgan fingerprint density at radius 1 is 1.12 bits per heavy atom. The first kappa shape index (κ1) is 23.1. The van der Waals surface area contributed by atoms with Crippen molar-refractivity contribution in [3.8, 4) is 5.88 Å². The number of carbonyl (C=O) groups excluding carboxylic acids is 1. The van der Waals surface area contributed by atoms with E-state index in [4.69, 9.17) is 4.74 Å². The molecule has 7 nitrogen and oxygen atoms in total. The van der Waals surface area contributed by atoms with Crippen molar-refractivity contribution in [3.05, 3.63) is 54.0 Å². The molecule has 3 heterocycles. The smallest absolute Gasteiger partial charge is 0.225 e. The number of benzene rings is 1. The minimum atomic E-state index is -0.860. The molecular weight excluding hydrogens is 435 g/mol. The fourth-order valence-corrected chi connectivity index (χ4v) is 4.85. The Morgan fingerprint density at radius 3 is 2.56 bits per heavy atom. The maximum absolute atomic E-state index is 13.3. The Balaban J connectivity index is 1.23. The van der Waals surface area contributed by atoms with E-state index in [1.807, 2.05) is 6.07 Å². The maximum Gasteiger partial charge on any atom is 0.225 e. The van der Waals surface area contributed by atoms with Crippen molar-refractivity contribution >= 4 is 11.6 Å². The van der Waals surface area contributed by atoms with Crippen molar-refractivity contribution in [1.29, 1.82) is 0 Å². The number of nitrogens with zero attached hydrogens (tertiary/aromatic N) is 3. The summed E-state index contributed by atoms with van der Waals surface area (Å²) in [6, 6.07) is 9.59. The van der Waals surface area contributed by atoms with E-state index in [1.54, 1.807) is 24.4 Å². The molecule has 2 unspecified atom stereocenters. The number of hydrogen-bond acceptors (Lipinski definition) is 6. The standard InChI is InChI=1S/C26H33FN4O3/c27-20-4-6-21(7-5-20)31-14-11-19(16-31)26(33)29-23(17-30-12-1-2-13-30)25(32)18-3-10-24(28-15-18)34-22-8-9-22/h3-7,10,15,19,22-23,25,32H,1-2,8-9,11-14,16-17H2,(H,29,33)/t19?,23?,25-/m1/s1. The summed E-state index contributed by atoms with van der Waals surface area (Å²) in [6.07, 6.45) is 6.20. The van der Waals surface area contributed by atoms with Gasteiger partial charge in [-0.25, -0.2) is 9.37 Å². The van der Waals surface area contributed by atoms with Crippen molar-refractivity contribution < 1.29 is 19.0 Å². The SMILES string of the molecule is O=C(NC(CN1CCCC1)[C@H](O)c1ccc(OC2CC2)nc1)C1CCN(c2ccc(F)cc2)C1. The van der Waals surface area contributed by atoms with Gasteiger partial charge >= 0.3 is 0 Å². The zero-order valence-corrected chi connectivity index (χ0v) is 19.4. The second kappa shape index (κ2) is 10.3. The molecule has 1 aliphatic carbocycles. The molecule has 1 saturated carbocycles. The average molecular weight is 469 g/mol. The summed E-state index contributed by atoms with van der Waals surface area (Å²) in [6.45, 7) is 3.89. The van der Waals surface area contributed by atoms with Gasteiger partial charge in [-0.05, 0) is 75.5 Å². The molecule has 182 valence electrons. The molecule has 1 aromatic carbocycles. The second-order valence-corrected chi connectivity index (χ2v) is 9.72. The summed E-state index contributed by atoms with van der Waals surface area (Å²) in [5, 5.41) is 14.4. The number of carbonyl (C=O) groups is 1. The van der Waals surface area contributed by atoms with E-state index in [9.17, 15) is 14.3 Å². The molecule has 3 atom stereocenters. The number of likely N-dealkylation sites (tertiary alicyclic amines) is 1. The van der Waals surface area contributed by atoms with Gasteiger partial charge in [0, 0.05) is 43.1 Å². The first-order valence-corrected chi connectivity index (χ1v) is 12.4. The molecule has 34 heavy (non-hydrogen) atoms. The number of nitrogens with one attached hydrogen (secondary N) is 1. The zero-order chi connectivity index (χ0) is 23.5. The van der Waals surface area contributed by atoms with Gasteiger partial charge in [0.2, 0.25) is 11.8 Å². The summed E-state index contributed by atoms with van der Waals surface area (Å²) in [5.41, 5.74) is 1.59. The van der Waals surface area contributed by atoms with Crippen LogP contribution in [-0.2, 0) is 4.79 Å². The third-order valence-electron chi connectivity index (χ3n) is 7.03. The van der Waals surface area contributed by atoms with Crippen LogP contribution < -0.4 is 15.0 Å². The van der Waals surface area contributed by atoms with Crippen LogP contribution in [0.25, 0.3) is 0 Å². The van der Waals surface area contributed by atoms with Crippen LogP contribution in [0.3, 0.4) is 0 Å². The van der Waals surface area contributed by atoms with Gasteiger partial charge < -0.3 is 25.0 Å². The van der Waals surface area contributed by atoms with E-state index in [2.05, 4.69) is 20.1 Å². The van der Waals surface area contributed by atoms with Crippen LogP contribution in [0.1, 0.15) is 43.8 Å². The van der Waals surface area contributed by atoms with E-state index in [0.717, 1.165) is 57.4 Å². The normalized spacial score (nSPS) is 22.5. The first-order valence-electron chi connectivity index (χ1n) is 12.4. The van der Waals surface area contributed by atoms with Crippen molar-refractivity contribution in [2.75, 3.05) is 37.6 Å². The number of halogens is 1. The summed E-state index contributed by atoms with van der Waals surface area (Å²) in [4.78, 5) is 22.0. The second-order valence-electron chi connectivity index (χ2n) is 9.72. The van der Waals surface area contributed by atoms with E-state index in [0.29, 0.717) is 24.5 Å². The minimum absolute atomic E-state index is 0.0468. The van der Waals surface area contributed by atoms with Crippen LogP contribution >= 0.6 is 0 Å².